The van der Waals surface area contributed by atoms with Crippen molar-refractivity contribution in [3.63, 3.8) is 0 Å². The predicted molar refractivity (Wildman–Crippen MR) is 72.1 cm³/mol. The zero-order valence-corrected chi connectivity index (χ0v) is 11.4. The van der Waals surface area contributed by atoms with Gasteiger partial charge in [-0.25, -0.2) is 0 Å². The monoisotopic (exact) mass is 235 g/mol. The Bertz CT molecular complexity index is 389. The third-order valence-electron chi connectivity index (χ3n) is 3.29. The van der Waals surface area contributed by atoms with Gasteiger partial charge >= 0.3 is 0 Å². The molecule has 2 heterocycles. The first-order valence-electron chi connectivity index (χ1n) is 6.04. The zero-order valence-electron chi connectivity index (χ0n) is 10.5. The summed E-state index contributed by atoms with van der Waals surface area (Å²) < 4.78 is 0. The summed E-state index contributed by atoms with van der Waals surface area (Å²) in [6, 6.07) is 0.667. The third-order valence-corrected chi connectivity index (χ3v) is 4.35. The van der Waals surface area contributed by atoms with Crippen molar-refractivity contribution >= 4 is 11.3 Å². The first-order chi connectivity index (χ1) is 7.58. The quantitative estimate of drug-likeness (QED) is 0.723. The molecule has 1 aliphatic heterocycles. The van der Waals surface area contributed by atoms with Crippen LogP contribution in [0.1, 0.15) is 36.8 Å². The van der Waals surface area contributed by atoms with E-state index in [0.717, 1.165) is 13.0 Å². The summed E-state index contributed by atoms with van der Waals surface area (Å²) in [5.41, 5.74) is 4.41. The lowest BCUT2D eigenvalue weighted by molar-refractivity contribution is 0.206. The molecule has 0 aromatic carbocycles. The molecule has 1 aromatic heterocycles. The Hall–Kier alpha value is -0.600. The average Bonchev–Trinajstić information content (AvgIpc) is 2.60. The molecule has 0 fully saturated rings. The van der Waals surface area contributed by atoms with Crippen molar-refractivity contribution in [2.75, 3.05) is 6.54 Å². The second-order valence-electron chi connectivity index (χ2n) is 5.11. The van der Waals surface area contributed by atoms with Crippen molar-refractivity contribution in [3.8, 4) is 0 Å². The second-order valence-corrected chi connectivity index (χ2v) is 6.07. The summed E-state index contributed by atoms with van der Waals surface area (Å²) >= 11 is 1.93. The molecular formula is C14H21NS. The molecule has 0 N–H and O–H groups in total. The van der Waals surface area contributed by atoms with Crippen molar-refractivity contribution in [1.29, 1.82) is 0 Å². The molecule has 0 unspecified atom stereocenters. The topological polar surface area (TPSA) is 3.24 Å². The smallest absolute Gasteiger partial charge is 0.0333 e. The molecule has 88 valence electrons. The van der Waals surface area contributed by atoms with Crippen LogP contribution in [0.4, 0.5) is 0 Å². The van der Waals surface area contributed by atoms with Crippen LogP contribution in [0.2, 0.25) is 0 Å². The minimum absolute atomic E-state index is 0.667. The number of fused-ring (bicyclic) bond motifs is 1. The summed E-state index contributed by atoms with van der Waals surface area (Å²) in [5, 5.41) is 2.34. The largest absolute Gasteiger partial charge is 0.296 e. The van der Waals surface area contributed by atoms with Crippen molar-refractivity contribution in [1.82, 2.24) is 4.90 Å². The van der Waals surface area contributed by atoms with E-state index in [1.54, 1.807) is 10.4 Å². The van der Waals surface area contributed by atoms with Gasteiger partial charge in [0, 0.05) is 24.0 Å². The number of rotatable bonds is 3. The molecule has 2 rings (SSSR count). The van der Waals surface area contributed by atoms with Crippen LogP contribution in [-0.4, -0.2) is 17.5 Å². The molecular weight excluding hydrogens is 214 g/mol. The highest BCUT2D eigenvalue weighted by Gasteiger charge is 2.21. The molecule has 0 saturated carbocycles. The minimum Gasteiger partial charge on any atom is -0.296 e. The highest BCUT2D eigenvalue weighted by atomic mass is 32.1. The van der Waals surface area contributed by atoms with E-state index in [-0.39, 0.29) is 0 Å². The van der Waals surface area contributed by atoms with Gasteiger partial charge in [-0.2, -0.15) is 0 Å². The molecule has 0 radical (unpaired) electrons. The number of hydrogen-bond acceptors (Lipinski definition) is 2. The van der Waals surface area contributed by atoms with Crippen LogP contribution in [-0.2, 0) is 19.4 Å². The molecule has 1 aromatic rings. The van der Waals surface area contributed by atoms with Gasteiger partial charge in [0.2, 0.25) is 0 Å². The number of allylic oxidation sites excluding steroid dienone is 1. The molecule has 16 heavy (non-hydrogen) atoms. The fourth-order valence-electron chi connectivity index (χ4n) is 2.33. The molecule has 2 heteroatoms. The molecule has 0 atom stereocenters. The fraction of sp³-hybridized carbons (Fsp3) is 0.571. The van der Waals surface area contributed by atoms with Crippen LogP contribution >= 0.6 is 11.3 Å². The van der Waals surface area contributed by atoms with Crippen LogP contribution < -0.4 is 0 Å². The fourth-order valence-corrected chi connectivity index (χ4v) is 3.46. The van der Waals surface area contributed by atoms with E-state index in [1.807, 2.05) is 11.3 Å². The van der Waals surface area contributed by atoms with Crippen LogP contribution in [0.5, 0.6) is 0 Å². The first kappa shape index (κ1) is 11.9. The van der Waals surface area contributed by atoms with E-state index in [0.29, 0.717) is 6.04 Å². The molecule has 0 spiro atoms. The van der Waals surface area contributed by atoms with E-state index < -0.39 is 0 Å². The van der Waals surface area contributed by atoms with E-state index in [9.17, 15) is 0 Å². The number of nitrogens with zero attached hydrogens (tertiary/aromatic N) is 1. The lowest BCUT2D eigenvalue weighted by atomic mass is 9.99. The Kier molecular flexibility index (Phi) is 3.50. The van der Waals surface area contributed by atoms with Crippen molar-refractivity contribution < 1.29 is 0 Å². The van der Waals surface area contributed by atoms with Gasteiger partial charge in [0.15, 0.2) is 0 Å². The maximum atomic E-state index is 4.02. The Morgan fingerprint density at radius 1 is 1.56 bits per heavy atom. The van der Waals surface area contributed by atoms with Gasteiger partial charge in [0.25, 0.3) is 0 Å². The summed E-state index contributed by atoms with van der Waals surface area (Å²) in [6.07, 6.45) is 2.28. The lowest BCUT2D eigenvalue weighted by Gasteiger charge is -2.30. The standard InChI is InChI=1S/C14H21NS/c1-10(2)7-12-9-16-14-8-15(11(3)4)6-5-13(12)14/h9,11H,1,5-8H2,2-4H3. The number of hydrogen-bond donors (Lipinski definition) is 0. The maximum Gasteiger partial charge on any atom is 0.0333 e. The minimum atomic E-state index is 0.667. The van der Waals surface area contributed by atoms with Crippen LogP contribution in [0.25, 0.3) is 0 Å². The summed E-state index contributed by atoms with van der Waals surface area (Å²) in [4.78, 5) is 4.14. The molecule has 0 amide bonds. The van der Waals surface area contributed by atoms with Crippen molar-refractivity contribution in [2.24, 2.45) is 0 Å². The van der Waals surface area contributed by atoms with Gasteiger partial charge in [0.1, 0.15) is 0 Å². The van der Waals surface area contributed by atoms with Gasteiger partial charge in [-0.1, -0.05) is 12.2 Å². The highest BCUT2D eigenvalue weighted by Crippen LogP contribution is 2.30. The Morgan fingerprint density at radius 2 is 2.31 bits per heavy atom. The van der Waals surface area contributed by atoms with E-state index in [2.05, 4.69) is 37.6 Å². The molecule has 0 aliphatic carbocycles. The van der Waals surface area contributed by atoms with Gasteiger partial charge in [-0.3, -0.25) is 4.90 Å². The number of thiophene rings is 1. The third kappa shape index (κ3) is 2.38. The summed E-state index contributed by atoms with van der Waals surface area (Å²) in [7, 11) is 0. The molecule has 1 aliphatic rings. The normalized spacial score (nSPS) is 16.5. The Labute approximate surface area is 103 Å². The van der Waals surface area contributed by atoms with Crippen LogP contribution in [0, 0.1) is 0 Å². The van der Waals surface area contributed by atoms with Crippen LogP contribution in [0.15, 0.2) is 17.5 Å². The van der Waals surface area contributed by atoms with Gasteiger partial charge < -0.3 is 0 Å². The van der Waals surface area contributed by atoms with Crippen molar-refractivity contribution in [2.45, 2.75) is 46.2 Å². The lowest BCUT2D eigenvalue weighted by Crippen LogP contribution is -2.35. The van der Waals surface area contributed by atoms with E-state index in [1.165, 1.54) is 24.1 Å². The van der Waals surface area contributed by atoms with Gasteiger partial charge in [-0.15, -0.1) is 11.3 Å². The Balaban J connectivity index is 2.17. The van der Waals surface area contributed by atoms with Crippen molar-refractivity contribution in [3.05, 3.63) is 33.5 Å². The predicted octanol–water partition coefficient (Wildman–Crippen LogP) is 3.63. The van der Waals surface area contributed by atoms with Gasteiger partial charge in [0.05, 0.1) is 0 Å². The molecule has 1 nitrogen and oxygen atoms in total. The van der Waals surface area contributed by atoms with E-state index >= 15 is 0 Å². The molecule has 0 bridgehead atoms. The van der Waals surface area contributed by atoms with Crippen LogP contribution in [0.3, 0.4) is 0 Å². The first-order valence-corrected chi connectivity index (χ1v) is 6.92. The second kappa shape index (κ2) is 4.72. The zero-order chi connectivity index (χ0) is 11.7. The molecule has 0 saturated heterocycles. The van der Waals surface area contributed by atoms with E-state index in [4.69, 9.17) is 0 Å². The van der Waals surface area contributed by atoms with Gasteiger partial charge in [-0.05, 0) is 50.1 Å². The summed E-state index contributed by atoms with van der Waals surface area (Å²) in [5.74, 6) is 0. The highest BCUT2D eigenvalue weighted by molar-refractivity contribution is 7.10. The maximum absolute atomic E-state index is 4.02. The Morgan fingerprint density at radius 3 is 2.94 bits per heavy atom. The SMILES string of the molecule is C=C(C)Cc1csc2c1CCN(C(C)C)C2. The summed E-state index contributed by atoms with van der Waals surface area (Å²) in [6.45, 7) is 13.1. The average molecular weight is 235 g/mol.